The van der Waals surface area contributed by atoms with Gasteiger partial charge in [-0.1, -0.05) is 11.6 Å². The first-order chi connectivity index (χ1) is 5.20. The van der Waals surface area contributed by atoms with Gasteiger partial charge in [-0.05, 0) is 17.4 Å². The molecule has 0 aliphatic heterocycles. The molecule has 1 N–H and O–H groups in total. The predicted octanol–water partition coefficient (Wildman–Crippen LogP) is 2.42. The lowest BCUT2D eigenvalue weighted by Gasteiger charge is -1.93. The van der Waals surface area contributed by atoms with Crippen molar-refractivity contribution in [3.8, 4) is 0 Å². The molecule has 1 rings (SSSR count). The fraction of sp³-hybridized carbons (Fsp3) is 0.286. The lowest BCUT2D eigenvalue weighted by Crippen LogP contribution is -1.96. The minimum Gasteiger partial charge on any atom is -0.481 e. The first-order valence-electron chi connectivity index (χ1n) is 3.12. The van der Waals surface area contributed by atoms with Crippen LogP contribution < -0.4 is 0 Å². The van der Waals surface area contributed by atoms with E-state index in [1.807, 2.05) is 5.38 Å². The molecule has 0 aliphatic carbocycles. The number of hydrogen-bond donors (Lipinski definition) is 1. The SMILES string of the molecule is O=C(O)CCc1cscc1Cl. The van der Waals surface area contributed by atoms with Crippen LogP contribution in [0.3, 0.4) is 0 Å². The summed E-state index contributed by atoms with van der Waals surface area (Å²) in [5.74, 6) is -0.785. The van der Waals surface area contributed by atoms with Crippen molar-refractivity contribution in [2.45, 2.75) is 12.8 Å². The van der Waals surface area contributed by atoms with Crippen molar-refractivity contribution >= 4 is 28.9 Å². The Morgan fingerprint density at radius 3 is 2.82 bits per heavy atom. The van der Waals surface area contributed by atoms with E-state index in [9.17, 15) is 4.79 Å². The lowest BCUT2D eigenvalue weighted by atomic mass is 10.2. The summed E-state index contributed by atoms with van der Waals surface area (Å²) in [4.78, 5) is 10.2. The second-order valence-electron chi connectivity index (χ2n) is 2.14. The lowest BCUT2D eigenvalue weighted by molar-refractivity contribution is -0.136. The van der Waals surface area contributed by atoms with Crippen LogP contribution in [-0.2, 0) is 11.2 Å². The van der Waals surface area contributed by atoms with Crippen molar-refractivity contribution in [1.29, 1.82) is 0 Å². The van der Waals surface area contributed by atoms with Gasteiger partial charge >= 0.3 is 5.97 Å². The first kappa shape index (κ1) is 8.56. The van der Waals surface area contributed by atoms with Crippen molar-refractivity contribution < 1.29 is 9.90 Å². The number of hydrogen-bond acceptors (Lipinski definition) is 2. The van der Waals surface area contributed by atoms with Gasteiger partial charge in [0.1, 0.15) is 0 Å². The number of aliphatic carboxylic acids is 1. The molecule has 0 aromatic carbocycles. The molecule has 1 heterocycles. The molecular weight excluding hydrogens is 184 g/mol. The highest BCUT2D eigenvalue weighted by Crippen LogP contribution is 2.21. The van der Waals surface area contributed by atoms with E-state index < -0.39 is 5.97 Å². The summed E-state index contributed by atoms with van der Waals surface area (Å²) >= 11 is 7.23. The number of aryl methyl sites for hydroxylation is 1. The van der Waals surface area contributed by atoms with Crippen LogP contribution in [0.4, 0.5) is 0 Å². The number of thiophene rings is 1. The zero-order valence-electron chi connectivity index (χ0n) is 5.71. The van der Waals surface area contributed by atoms with E-state index in [1.54, 1.807) is 5.38 Å². The van der Waals surface area contributed by atoms with E-state index in [0.29, 0.717) is 11.4 Å². The maximum absolute atomic E-state index is 10.2. The largest absolute Gasteiger partial charge is 0.481 e. The normalized spacial score (nSPS) is 9.91. The summed E-state index contributed by atoms with van der Waals surface area (Å²) in [6.07, 6.45) is 0.675. The summed E-state index contributed by atoms with van der Waals surface area (Å²) in [5, 5.41) is 12.7. The molecule has 11 heavy (non-hydrogen) atoms. The van der Waals surface area contributed by atoms with E-state index in [2.05, 4.69) is 0 Å². The molecule has 60 valence electrons. The number of halogens is 1. The van der Waals surface area contributed by atoms with Gasteiger partial charge in [-0.25, -0.2) is 0 Å². The molecule has 0 radical (unpaired) electrons. The van der Waals surface area contributed by atoms with Crippen molar-refractivity contribution in [2.24, 2.45) is 0 Å². The second kappa shape index (κ2) is 3.74. The summed E-state index contributed by atoms with van der Waals surface area (Å²) in [6.45, 7) is 0. The van der Waals surface area contributed by atoms with Crippen LogP contribution in [0.2, 0.25) is 5.02 Å². The highest BCUT2D eigenvalue weighted by atomic mass is 35.5. The Kier molecular flexibility index (Phi) is 2.91. The van der Waals surface area contributed by atoms with Gasteiger partial charge in [-0.15, -0.1) is 0 Å². The van der Waals surface area contributed by atoms with Gasteiger partial charge in [0.2, 0.25) is 0 Å². The number of carbonyl (C=O) groups is 1. The van der Waals surface area contributed by atoms with Gasteiger partial charge in [-0.3, -0.25) is 4.79 Å². The van der Waals surface area contributed by atoms with Crippen LogP contribution >= 0.6 is 22.9 Å². The summed E-state index contributed by atoms with van der Waals surface area (Å²) < 4.78 is 0. The first-order valence-corrected chi connectivity index (χ1v) is 4.44. The van der Waals surface area contributed by atoms with Gasteiger partial charge in [-0.2, -0.15) is 11.3 Å². The molecule has 0 aliphatic rings. The molecule has 0 amide bonds. The summed E-state index contributed by atoms with van der Waals surface area (Å²) in [6, 6.07) is 0. The molecule has 0 spiro atoms. The molecule has 2 nitrogen and oxygen atoms in total. The van der Waals surface area contributed by atoms with E-state index in [0.717, 1.165) is 5.56 Å². The second-order valence-corrected chi connectivity index (χ2v) is 3.29. The Bertz CT molecular complexity index is 257. The molecule has 0 saturated carbocycles. The van der Waals surface area contributed by atoms with Gasteiger partial charge in [0.15, 0.2) is 0 Å². The molecular formula is C7H7ClO2S. The van der Waals surface area contributed by atoms with Gasteiger partial charge < -0.3 is 5.11 Å². The summed E-state index contributed by atoms with van der Waals surface area (Å²) in [5.41, 5.74) is 0.930. The van der Waals surface area contributed by atoms with Crippen molar-refractivity contribution in [3.05, 3.63) is 21.3 Å². The zero-order valence-corrected chi connectivity index (χ0v) is 7.28. The number of rotatable bonds is 3. The minimum atomic E-state index is -0.785. The molecule has 0 atom stereocenters. The van der Waals surface area contributed by atoms with Crippen molar-refractivity contribution in [3.63, 3.8) is 0 Å². The molecule has 1 aromatic rings. The van der Waals surface area contributed by atoms with E-state index in [1.165, 1.54) is 11.3 Å². The van der Waals surface area contributed by atoms with Crippen LogP contribution in [0.25, 0.3) is 0 Å². The van der Waals surface area contributed by atoms with Crippen molar-refractivity contribution in [2.75, 3.05) is 0 Å². The van der Waals surface area contributed by atoms with Gasteiger partial charge in [0.05, 0.1) is 5.02 Å². The Balaban J connectivity index is 2.51. The fourth-order valence-electron chi connectivity index (χ4n) is 0.728. The average molecular weight is 191 g/mol. The van der Waals surface area contributed by atoms with Gasteiger partial charge in [0.25, 0.3) is 0 Å². The minimum absolute atomic E-state index is 0.149. The molecule has 4 heteroatoms. The Morgan fingerprint density at radius 1 is 1.64 bits per heavy atom. The highest BCUT2D eigenvalue weighted by Gasteiger charge is 2.03. The van der Waals surface area contributed by atoms with E-state index in [4.69, 9.17) is 16.7 Å². The average Bonchev–Trinajstić information content (AvgIpc) is 2.31. The fourth-order valence-corrected chi connectivity index (χ4v) is 1.84. The summed E-state index contributed by atoms with van der Waals surface area (Å²) in [7, 11) is 0. The zero-order chi connectivity index (χ0) is 8.27. The number of carboxylic acids is 1. The standard InChI is InChI=1S/C7H7ClO2S/c8-6-4-11-3-5(6)1-2-7(9)10/h3-4H,1-2H2,(H,9,10). The van der Waals surface area contributed by atoms with Crippen LogP contribution in [0, 0.1) is 0 Å². The molecule has 0 saturated heterocycles. The highest BCUT2D eigenvalue weighted by molar-refractivity contribution is 7.08. The molecule has 0 fully saturated rings. The third-order valence-electron chi connectivity index (χ3n) is 1.30. The van der Waals surface area contributed by atoms with Gasteiger partial charge in [0, 0.05) is 11.8 Å². The maximum atomic E-state index is 10.2. The monoisotopic (exact) mass is 190 g/mol. The Hall–Kier alpha value is -0.540. The quantitative estimate of drug-likeness (QED) is 0.795. The molecule has 0 bridgehead atoms. The predicted molar refractivity (Wildman–Crippen MR) is 45.3 cm³/mol. The maximum Gasteiger partial charge on any atom is 0.303 e. The Morgan fingerprint density at radius 2 is 2.36 bits per heavy atom. The number of carboxylic acid groups (broad SMARTS) is 1. The third kappa shape index (κ3) is 2.52. The third-order valence-corrected chi connectivity index (χ3v) is 2.57. The smallest absolute Gasteiger partial charge is 0.303 e. The topological polar surface area (TPSA) is 37.3 Å². The van der Waals surface area contributed by atoms with Crippen molar-refractivity contribution in [1.82, 2.24) is 0 Å². The van der Waals surface area contributed by atoms with Crippen LogP contribution in [-0.4, -0.2) is 11.1 Å². The Labute approximate surface area is 73.4 Å². The van der Waals surface area contributed by atoms with Crippen LogP contribution in [0.15, 0.2) is 10.8 Å². The van der Waals surface area contributed by atoms with E-state index in [-0.39, 0.29) is 6.42 Å². The van der Waals surface area contributed by atoms with E-state index >= 15 is 0 Å². The van der Waals surface area contributed by atoms with Crippen LogP contribution in [0.5, 0.6) is 0 Å². The van der Waals surface area contributed by atoms with Crippen LogP contribution in [0.1, 0.15) is 12.0 Å². The molecule has 0 unspecified atom stereocenters. The molecule has 1 aromatic heterocycles.